The molecule has 3 rings (SSSR count). The number of carbonyl (C=O) groups is 1. The lowest BCUT2D eigenvalue weighted by Crippen LogP contribution is -2.39. The van der Waals surface area contributed by atoms with Crippen LogP contribution >= 0.6 is 0 Å². The average molecular weight is 319 g/mol. The van der Waals surface area contributed by atoms with Crippen molar-refractivity contribution < 1.29 is 14.8 Å². The molecule has 1 heterocycles. The van der Waals surface area contributed by atoms with Crippen molar-refractivity contribution in [3.05, 3.63) is 33.9 Å². The van der Waals surface area contributed by atoms with Crippen molar-refractivity contribution in [1.82, 2.24) is 4.90 Å². The number of hydrogen-bond acceptors (Lipinski definition) is 5. The molecule has 1 aromatic carbocycles. The maximum atomic E-state index is 12.5. The van der Waals surface area contributed by atoms with Gasteiger partial charge in [0.15, 0.2) is 0 Å². The van der Waals surface area contributed by atoms with Gasteiger partial charge in [0.25, 0.3) is 11.6 Å². The third kappa shape index (κ3) is 3.61. The molecule has 2 fully saturated rings. The van der Waals surface area contributed by atoms with E-state index in [1.165, 1.54) is 6.07 Å². The van der Waals surface area contributed by atoms with Gasteiger partial charge in [-0.15, -0.1) is 0 Å². The maximum absolute atomic E-state index is 12.5. The Hall–Kier alpha value is -2.15. The number of nitrogens with zero attached hydrogens (tertiary/aromatic N) is 2. The van der Waals surface area contributed by atoms with E-state index in [4.69, 9.17) is 5.11 Å². The molecule has 0 unspecified atom stereocenters. The van der Waals surface area contributed by atoms with Crippen molar-refractivity contribution in [2.45, 2.75) is 31.7 Å². The molecule has 1 aromatic rings. The normalized spacial score (nSPS) is 18.7. The van der Waals surface area contributed by atoms with E-state index in [0.29, 0.717) is 30.4 Å². The SMILES string of the molecule is O=C(c1ccc(NC2CC2)c([N+](=O)[O-])c1)N1CCC(CO)CC1. The monoisotopic (exact) mass is 319 g/mol. The Labute approximate surface area is 134 Å². The fourth-order valence-electron chi connectivity index (χ4n) is 2.89. The number of aliphatic hydroxyl groups is 1. The summed E-state index contributed by atoms with van der Waals surface area (Å²) in [5.74, 6) is 0.0703. The van der Waals surface area contributed by atoms with Crippen LogP contribution in [0.4, 0.5) is 11.4 Å². The number of hydrogen-bond donors (Lipinski definition) is 2. The van der Waals surface area contributed by atoms with Gasteiger partial charge in [-0.1, -0.05) is 0 Å². The van der Waals surface area contributed by atoms with Gasteiger partial charge in [-0.3, -0.25) is 14.9 Å². The van der Waals surface area contributed by atoms with E-state index >= 15 is 0 Å². The largest absolute Gasteiger partial charge is 0.396 e. The highest BCUT2D eigenvalue weighted by Gasteiger charge is 2.27. The summed E-state index contributed by atoms with van der Waals surface area (Å²) in [7, 11) is 0. The third-order valence-corrected chi connectivity index (χ3v) is 4.54. The maximum Gasteiger partial charge on any atom is 0.293 e. The van der Waals surface area contributed by atoms with Gasteiger partial charge in [0.2, 0.25) is 0 Å². The Morgan fingerprint density at radius 3 is 2.57 bits per heavy atom. The molecule has 1 aliphatic heterocycles. The highest BCUT2D eigenvalue weighted by molar-refractivity contribution is 5.95. The number of anilines is 1. The van der Waals surface area contributed by atoms with Crippen LogP contribution in [-0.2, 0) is 0 Å². The van der Waals surface area contributed by atoms with Crippen LogP contribution < -0.4 is 5.32 Å². The average Bonchev–Trinajstić information content (AvgIpc) is 3.38. The molecule has 1 amide bonds. The Kier molecular flexibility index (Phi) is 4.47. The van der Waals surface area contributed by atoms with Gasteiger partial charge in [-0.05, 0) is 43.7 Å². The molecule has 124 valence electrons. The Balaban J connectivity index is 1.75. The lowest BCUT2D eigenvalue weighted by molar-refractivity contribution is -0.384. The first-order valence-electron chi connectivity index (χ1n) is 8.03. The summed E-state index contributed by atoms with van der Waals surface area (Å²) < 4.78 is 0. The molecule has 7 nitrogen and oxygen atoms in total. The van der Waals surface area contributed by atoms with Crippen LogP contribution in [0.25, 0.3) is 0 Å². The number of carbonyl (C=O) groups excluding carboxylic acids is 1. The smallest absolute Gasteiger partial charge is 0.293 e. The summed E-state index contributed by atoms with van der Waals surface area (Å²) in [5.41, 5.74) is 0.779. The lowest BCUT2D eigenvalue weighted by Gasteiger charge is -2.31. The molecule has 23 heavy (non-hydrogen) atoms. The van der Waals surface area contributed by atoms with E-state index in [-0.39, 0.29) is 24.1 Å². The van der Waals surface area contributed by atoms with E-state index in [1.54, 1.807) is 17.0 Å². The first kappa shape index (κ1) is 15.7. The standard InChI is InChI=1S/C16H21N3O4/c20-10-11-5-7-18(8-6-11)16(21)12-1-4-14(17-13-2-3-13)15(9-12)19(22)23/h1,4,9,11,13,17,20H,2-3,5-8,10H2. The van der Waals surface area contributed by atoms with Crippen LogP contribution in [0.15, 0.2) is 18.2 Å². The number of nitro benzene ring substituents is 1. The quantitative estimate of drug-likeness (QED) is 0.639. The fourth-order valence-corrected chi connectivity index (χ4v) is 2.89. The molecule has 7 heteroatoms. The van der Waals surface area contributed by atoms with Gasteiger partial charge in [-0.25, -0.2) is 0 Å². The second-order valence-corrected chi connectivity index (χ2v) is 6.33. The molecule has 0 bridgehead atoms. The van der Waals surface area contributed by atoms with Crippen LogP contribution in [-0.4, -0.2) is 46.6 Å². The zero-order valence-electron chi connectivity index (χ0n) is 12.9. The highest BCUT2D eigenvalue weighted by Crippen LogP contribution is 2.32. The molecule has 0 aromatic heterocycles. The number of rotatable bonds is 5. The number of piperidine rings is 1. The van der Waals surface area contributed by atoms with Gasteiger partial charge < -0.3 is 15.3 Å². The number of amides is 1. The molecule has 0 radical (unpaired) electrons. The van der Waals surface area contributed by atoms with Crippen LogP contribution in [0.1, 0.15) is 36.0 Å². The second-order valence-electron chi connectivity index (χ2n) is 6.33. The summed E-state index contributed by atoms with van der Waals surface area (Å²) in [6.07, 6.45) is 3.59. The summed E-state index contributed by atoms with van der Waals surface area (Å²) in [6.45, 7) is 1.31. The second kappa shape index (κ2) is 6.54. The van der Waals surface area contributed by atoms with E-state index in [2.05, 4.69) is 5.32 Å². The molecule has 2 N–H and O–H groups in total. The Bertz CT molecular complexity index is 607. The predicted octanol–water partition coefficient (Wildman–Crippen LogP) is 2.01. The zero-order chi connectivity index (χ0) is 16.4. The van der Waals surface area contributed by atoms with Crippen molar-refractivity contribution in [2.75, 3.05) is 25.0 Å². The van der Waals surface area contributed by atoms with Crippen molar-refractivity contribution in [3.63, 3.8) is 0 Å². The number of nitrogens with one attached hydrogen (secondary N) is 1. The van der Waals surface area contributed by atoms with E-state index < -0.39 is 4.92 Å². The van der Waals surface area contributed by atoms with Crippen molar-refractivity contribution >= 4 is 17.3 Å². The van der Waals surface area contributed by atoms with Gasteiger partial charge >= 0.3 is 0 Å². The van der Waals surface area contributed by atoms with Crippen molar-refractivity contribution in [3.8, 4) is 0 Å². The molecule has 0 spiro atoms. The highest BCUT2D eigenvalue weighted by atomic mass is 16.6. The minimum atomic E-state index is -0.445. The number of nitro groups is 1. The van der Waals surface area contributed by atoms with Crippen molar-refractivity contribution in [2.24, 2.45) is 5.92 Å². The summed E-state index contributed by atoms with van der Waals surface area (Å²) in [4.78, 5) is 25.1. The van der Waals surface area contributed by atoms with Gasteiger partial charge in [0.1, 0.15) is 5.69 Å². The Morgan fingerprint density at radius 1 is 1.30 bits per heavy atom. The lowest BCUT2D eigenvalue weighted by atomic mass is 9.97. The van der Waals surface area contributed by atoms with E-state index in [1.807, 2.05) is 0 Å². The summed E-state index contributed by atoms with van der Waals surface area (Å²) in [6, 6.07) is 4.96. The number of aliphatic hydroxyl groups excluding tert-OH is 1. The number of likely N-dealkylation sites (tertiary alicyclic amines) is 1. The molecule has 2 aliphatic rings. The summed E-state index contributed by atoms with van der Waals surface area (Å²) in [5, 5.41) is 23.6. The van der Waals surface area contributed by atoms with E-state index in [9.17, 15) is 14.9 Å². The minimum Gasteiger partial charge on any atom is -0.396 e. The van der Waals surface area contributed by atoms with Crippen LogP contribution in [0.5, 0.6) is 0 Å². The van der Waals surface area contributed by atoms with Crippen LogP contribution in [0.3, 0.4) is 0 Å². The number of benzene rings is 1. The minimum absolute atomic E-state index is 0.0482. The van der Waals surface area contributed by atoms with Crippen LogP contribution in [0.2, 0.25) is 0 Å². The Morgan fingerprint density at radius 2 is 2.00 bits per heavy atom. The summed E-state index contributed by atoms with van der Waals surface area (Å²) >= 11 is 0. The topological polar surface area (TPSA) is 95.7 Å². The molecule has 1 aliphatic carbocycles. The molecular weight excluding hydrogens is 298 g/mol. The van der Waals surface area contributed by atoms with Gasteiger partial charge in [0, 0.05) is 37.4 Å². The fraction of sp³-hybridized carbons (Fsp3) is 0.562. The molecule has 0 atom stereocenters. The predicted molar refractivity (Wildman–Crippen MR) is 85.5 cm³/mol. The van der Waals surface area contributed by atoms with Crippen molar-refractivity contribution in [1.29, 1.82) is 0 Å². The third-order valence-electron chi connectivity index (χ3n) is 4.54. The van der Waals surface area contributed by atoms with E-state index in [0.717, 1.165) is 25.7 Å². The first-order valence-corrected chi connectivity index (χ1v) is 8.03. The van der Waals surface area contributed by atoms with Gasteiger partial charge in [-0.2, -0.15) is 0 Å². The van der Waals surface area contributed by atoms with Gasteiger partial charge in [0.05, 0.1) is 4.92 Å². The molecule has 1 saturated carbocycles. The van der Waals surface area contributed by atoms with Crippen LogP contribution in [0, 0.1) is 16.0 Å². The molecular formula is C16H21N3O4. The zero-order valence-corrected chi connectivity index (χ0v) is 12.9. The molecule has 1 saturated heterocycles. The first-order chi connectivity index (χ1) is 11.1.